The molecule has 0 unspecified atom stereocenters. The number of nitrogens with two attached hydrogens (primary N) is 1. The minimum absolute atomic E-state index is 0.111. The van der Waals surface area contributed by atoms with E-state index in [4.69, 9.17) is 11.0 Å². The van der Waals surface area contributed by atoms with Gasteiger partial charge in [-0.05, 0) is 18.6 Å². The van der Waals surface area contributed by atoms with Gasteiger partial charge in [0.2, 0.25) is 5.91 Å². The molecule has 0 aliphatic heterocycles. The Kier molecular flexibility index (Phi) is 3.29. The Morgan fingerprint density at radius 1 is 1.60 bits per heavy atom. The standard InChI is InChI=1S/C11H13N3O/c1-8-4-3-5-9(6-12)11(8)14(2)7-10(13)15/h3-5H,7H2,1-2H3,(H2,13,15). The smallest absolute Gasteiger partial charge is 0.236 e. The summed E-state index contributed by atoms with van der Waals surface area (Å²) in [4.78, 5) is 12.5. The fourth-order valence-electron chi connectivity index (χ4n) is 1.57. The first-order chi connectivity index (χ1) is 7.06. The van der Waals surface area contributed by atoms with Crippen LogP contribution in [0.15, 0.2) is 18.2 Å². The number of carbonyl (C=O) groups is 1. The van der Waals surface area contributed by atoms with Gasteiger partial charge in [-0.2, -0.15) is 5.26 Å². The Morgan fingerprint density at radius 2 is 2.27 bits per heavy atom. The maximum Gasteiger partial charge on any atom is 0.236 e. The van der Waals surface area contributed by atoms with Crippen molar-refractivity contribution in [1.29, 1.82) is 5.26 Å². The zero-order valence-corrected chi connectivity index (χ0v) is 8.82. The van der Waals surface area contributed by atoms with E-state index in [2.05, 4.69) is 6.07 Å². The molecule has 0 bridgehead atoms. The number of rotatable bonds is 3. The molecule has 1 aromatic rings. The first-order valence-electron chi connectivity index (χ1n) is 4.55. The lowest BCUT2D eigenvalue weighted by Gasteiger charge is -2.20. The molecular formula is C11H13N3O. The van der Waals surface area contributed by atoms with Crippen LogP contribution in [0.4, 0.5) is 5.69 Å². The maximum absolute atomic E-state index is 10.8. The number of nitriles is 1. The van der Waals surface area contributed by atoms with Crippen LogP contribution in [0.2, 0.25) is 0 Å². The molecule has 0 atom stereocenters. The van der Waals surface area contributed by atoms with Crippen LogP contribution in [0, 0.1) is 18.3 Å². The molecule has 0 aliphatic rings. The lowest BCUT2D eigenvalue weighted by Crippen LogP contribution is -2.31. The van der Waals surface area contributed by atoms with Crippen molar-refractivity contribution in [1.82, 2.24) is 0 Å². The molecule has 0 saturated carbocycles. The number of carbonyl (C=O) groups excluding carboxylic acids is 1. The van der Waals surface area contributed by atoms with Crippen molar-refractivity contribution in [3.05, 3.63) is 29.3 Å². The van der Waals surface area contributed by atoms with E-state index in [-0.39, 0.29) is 6.54 Å². The summed E-state index contributed by atoms with van der Waals surface area (Å²) in [6.07, 6.45) is 0. The van der Waals surface area contributed by atoms with E-state index in [0.717, 1.165) is 11.3 Å². The van der Waals surface area contributed by atoms with E-state index in [1.54, 1.807) is 18.0 Å². The third-order valence-corrected chi connectivity index (χ3v) is 2.13. The number of anilines is 1. The summed E-state index contributed by atoms with van der Waals surface area (Å²) in [5, 5.41) is 8.93. The molecule has 0 aliphatic carbocycles. The van der Waals surface area contributed by atoms with Crippen LogP contribution >= 0.6 is 0 Å². The predicted octanol–water partition coefficient (Wildman–Crippen LogP) is 0.788. The van der Waals surface area contributed by atoms with E-state index < -0.39 is 5.91 Å². The maximum atomic E-state index is 10.8. The van der Waals surface area contributed by atoms with Crippen molar-refractivity contribution in [2.45, 2.75) is 6.92 Å². The molecule has 0 saturated heterocycles. The summed E-state index contributed by atoms with van der Waals surface area (Å²) in [5.74, 6) is -0.412. The van der Waals surface area contributed by atoms with Crippen molar-refractivity contribution in [2.75, 3.05) is 18.5 Å². The summed E-state index contributed by atoms with van der Waals surface area (Å²) < 4.78 is 0. The number of likely N-dealkylation sites (N-methyl/N-ethyl adjacent to an activating group) is 1. The number of hydrogen-bond donors (Lipinski definition) is 1. The Balaban J connectivity index is 3.12. The summed E-state index contributed by atoms with van der Waals surface area (Å²) >= 11 is 0. The molecule has 4 heteroatoms. The normalized spacial score (nSPS) is 9.40. The van der Waals surface area contributed by atoms with E-state index in [9.17, 15) is 4.79 Å². The van der Waals surface area contributed by atoms with Crippen LogP contribution in [0.25, 0.3) is 0 Å². The summed E-state index contributed by atoms with van der Waals surface area (Å²) in [5.41, 5.74) is 7.38. The van der Waals surface area contributed by atoms with E-state index >= 15 is 0 Å². The molecule has 1 rings (SSSR count). The molecule has 2 N–H and O–H groups in total. The average Bonchev–Trinajstić information content (AvgIpc) is 2.15. The van der Waals surface area contributed by atoms with Gasteiger partial charge in [0.1, 0.15) is 6.07 Å². The zero-order valence-electron chi connectivity index (χ0n) is 8.82. The number of amides is 1. The highest BCUT2D eigenvalue weighted by Crippen LogP contribution is 2.22. The van der Waals surface area contributed by atoms with Gasteiger partial charge in [-0.3, -0.25) is 4.79 Å². The van der Waals surface area contributed by atoms with Crippen LogP contribution in [0.3, 0.4) is 0 Å². The van der Waals surface area contributed by atoms with Crippen LogP contribution in [-0.4, -0.2) is 19.5 Å². The fraction of sp³-hybridized carbons (Fsp3) is 0.273. The highest BCUT2D eigenvalue weighted by Gasteiger charge is 2.11. The second-order valence-electron chi connectivity index (χ2n) is 3.41. The zero-order chi connectivity index (χ0) is 11.4. The topological polar surface area (TPSA) is 70.1 Å². The monoisotopic (exact) mass is 203 g/mol. The van der Waals surface area contributed by atoms with Gasteiger partial charge in [-0.15, -0.1) is 0 Å². The van der Waals surface area contributed by atoms with Crippen LogP contribution < -0.4 is 10.6 Å². The van der Waals surface area contributed by atoms with Gasteiger partial charge >= 0.3 is 0 Å². The lowest BCUT2D eigenvalue weighted by molar-refractivity contribution is -0.116. The number of nitrogens with zero attached hydrogens (tertiary/aromatic N) is 2. The molecule has 15 heavy (non-hydrogen) atoms. The summed E-state index contributed by atoms with van der Waals surface area (Å²) in [6.45, 7) is 2.01. The second-order valence-corrected chi connectivity index (χ2v) is 3.41. The van der Waals surface area contributed by atoms with Gasteiger partial charge in [0.05, 0.1) is 17.8 Å². The third kappa shape index (κ3) is 2.47. The van der Waals surface area contributed by atoms with E-state index in [0.29, 0.717) is 5.56 Å². The molecule has 1 amide bonds. The molecule has 78 valence electrons. The summed E-state index contributed by atoms with van der Waals surface area (Å²) in [6, 6.07) is 7.53. The van der Waals surface area contributed by atoms with Crippen LogP contribution in [0.1, 0.15) is 11.1 Å². The average molecular weight is 203 g/mol. The Hall–Kier alpha value is -2.02. The quantitative estimate of drug-likeness (QED) is 0.789. The number of benzene rings is 1. The summed E-state index contributed by atoms with van der Waals surface area (Å²) in [7, 11) is 1.74. The van der Waals surface area contributed by atoms with Crippen LogP contribution in [0.5, 0.6) is 0 Å². The van der Waals surface area contributed by atoms with Crippen molar-refractivity contribution < 1.29 is 4.79 Å². The molecular weight excluding hydrogens is 190 g/mol. The Labute approximate surface area is 88.9 Å². The molecule has 0 spiro atoms. The number of hydrogen-bond acceptors (Lipinski definition) is 3. The molecule has 4 nitrogen and oxygen atoms in total. The van der Waals surface area contributed by atoms with Gasteiger partial charge in [-0.1, -0.05) is 12.1 Å². The van der Waals surface area contributed by atoms with Gasteiger partial charge in [0.25, 0.3) is 0 Å². The number of para-hydroxylation sites is 1. The Bertz CT molecular complexity index is 420. The van der Waals surface area contributed by atoms with E-state index in [1.807, 2.05) is 19.1 Å². The fourth-order valence-corrected chi connectivity index (χ4v) is 1.57. The highest BCUT2D eigenvalue weighted by atomic mass is 16.1. The first kappa shape index (κ1) is 11.1. The third-order valence-electron chi connectivity index (χ3n) is 2.13. The van der Waals surface area contributed by atoms with Crippen molar-refractivity contribution in [2.24, 2.45) is 5.73 Å². The second kappa shape index (κ2) is 4.47. The molecule has 0 heterocycles. The van der Waals surface area contributed by atoms with Gasteiger partial charge in [0, 0.05) is 7.05 Å². The van der Waals surface area contributed by atoms with Gasteiger partial charge in [-0.25, -0.2) is 0 Å². The predicted molar refractivity (Wildman–Crippen MR) is 58.4 cm³/mol. The van der Waals surface area contributed by atoms with Crippen molar-refractivity contribution in [3.8, 4) is 6.07 Å². The molecule has 0 radical (unpaired) electrons. The minimum Gasteiger partial charge on any atom is -0.368 e. The van der Waals surface area contributed by atoms with Crippen molar-refractivity contribution >= 4 is 11.6 Å². The first-order valence-corrected chi connectivity index (χ1v) is 4.55. The lowest BCUT2D eigenvalue weighted by atomic mass is 10.1. The molecule has 1 aromatic carbocycles. The van der Waals surface area contributed by atoms with Gasteiger partial charge < -0.3 is 10.6 Å². The minimum atomic E-state index is -0.412. The van der Waals surface area contributed by atoms with Gasteiger partial charge in [0.15, 0.2) is 0 Å². The van der Waals surface area contributed by atoms with E-state index in [1.165, 1.54) is 0 Å². The van der Waals surface area contributed by atoms with Crippen LogP contribution in [-0.2, 0) is 4.79 Å². The molecule has 0 aromatic heterocycles. The number of aryl methyl sites for hydroxylation is 1. The Morgan fingerprint density at radius 3 is 2.80 bits per heavy atom. The highest BCUT2D eigenvalue weighted by molar-refractivity contribution is 5.80. The number of primary amides is 1. The molecule has 0 fully saturated rings. The largest absolute Gasteiger partial charge is 0.368 e. The SMILES string of the molecule is Cc1cccc(C#N)c1N(C)CC(N)=O. The van der Waals surface area contributed by atoms with Crippen molar-refractivity contribution in [3.63, 3.8) is 0 Å².